The molecule has 3 rings (SSSR count). The largest absolute Gasteiger partial charge is 0.416 e. The Hall–Kier alpha value is -1.83. The summed E-state index contributed by atoms with van der Waals surface area (Å²) >= 11 is 0. The van der Waals surface area contributed by atoms with Crippen molar-refractivity contribution in [2.45, 2.75) is 25.6 Å². The van der Waals surface area contributed by atoms with Gasteiger partial charge in [-0.3, -0.25) is 4.98 Å². The molecular formula is C15H15F3N2O2S. The van der Waals surface area contributed by atoms with Gasteiger partial charge in [0.2, 0.25) is 0 Å². The number of benzene rings is 1. The summed E-state index contributed by atoms with van der Waals surface area (Å²) in [5.74, 6) is 0.0926. The Kier molecular flexibility index (Phi) is 3.74. The number of hydrogen-bond donors (Lipinski definition) is 1. The molecule has 1 saturated heterocycles. The second-order valence-electron chi connectivity index (χ2n) is 5.79. The van der Waals surface area contributed by atoms with Crippen LogP contribution < -0.4 is 5.32 Å². The first-order valence-electron chi connectivity index (χ1n) is 7.10. The van der Waals surface area contributed by atoms with Crippen molar-refractivity contribution in [2.24, 2.45) is 0 Å². The van der Waals surface area contributed by atoms with Crippen LogP contribution in [0.15, 0.2) is 24.3 Å². The molecule has 0 amide bonds. The predicted molar refractivity (Wildman–Crippen MR) is 82.2 cm³/mol. The molecule has 0 aliphatic carbocycles. The molecule has 8 heteroatoms. The van der Waals surface area contributed by atoms with Crippen LogP contribution in [-0.2, 0) is 16.0 Å². The molecule has 0 bridgehead atoms. The molecule has 2 aromatic rings. The minimum absolute atomic E-state index is 0.00513. The second kappa shape index (κ2) is 5.36. The van der Waals surface area contributed by atoms with Crippen LogP contribution in [0.5, 0.6) is 0 Å². The van der Waals surface area contributed by atoms with E-state index in [-0.39, 0.29) is 17.5 Å². The lowest BCUT2D eigenvalue weighted by Crippen LogP contribution is -2.21. The van der Waals surface area contributed by atoms with Gasteiger partial charge in [0, 0.05) is 22.8 Å². The fourth-order valence-electron chi connectivity index (χ4n) is 2.78. The van der Waals surface area contributed by atoms with Gasteiger partial charge < -0.3 is 5.32 Å². The Bertz CT molecular complexity index is 863. The summed E-state index contributed by atoms with van der Waals surface area (Å²) in [6.07, 6.45) is -3.99. The fourth-order valence-corrected chi connectivity index (χ4v) is 4.46. The zero-order chi connectivity index (χ0) is 16.8. The van der Waals surface area contributed by atoms with Gasteiger partial charge in [-0.2, -0.15) is 13.2 Å². The van der Waals surface area contributed by atoms with Gasteiger partial charge in [-0.25, -0.2) is 8.42 Å². The van der Waals surface area contributed by atoms with Crippen LogP contribution in [0.3, 0.4) is 0 Å². The summed E-state index contributed by atoms with van der Waals surface area (Å²) in [5.41, 5.74) is 0.834. The Labute approximate surface area is 131 Å². The topological polar surface area (TPSA) is 59.1 Å². The molecule has 1 aliphatic rings. The number of aryl methyl sites for hydroxylation is 1. The van der Waals surface area contributed by atoms with Gasteiger partial charge in [0.25, 0.3) is 0 Å². The van der Waals surface area contributed by atoms with Crippen LogP contribution >= 0.6 is 0 Å². The van der Waals surface area contributed by atoms with E-state index in [1.807, 2.05) is 0 Å². The smallest absolute Gasteiger partial charge is 0.381 e. The molecule has 1 aromatic carbocycles. The van der Waals surface area contributed by atoms with Crippen molar-refractivity contribution in [3.05, 3.63) is 35.5 Å². The number of rotatable bonds is 2. The van der Waals surface area contributed by atoms with Gasteiger partial charge in [-0.15, -0.1) is 0 Å². The van der Waals surface area contributed by atoms with E-state index in [0.29, 0.717) is 28.7 Å². The molecule has 1 fully saturated rings. The number of halogens is 3. The van der Waals surface area contributed by atoms with E-state index in [1.54, 1.807) is 13.0 Å². The van der Waals surface area contributed by atoms with Crippen molar-refractivity contribution in [2.75, 3.05) is 16.8 Å². The quantitative estimate of drug-likeness (QED) is 0.909. The molecule has 1 aliphatic heterocycles. The molecule has 4 nitrogen and oxygen atoms in total. The Balaban J connectivity index is 2.04. The zero-order valence-electron chi connectivity index (χ0n) is 12.3. The number of sulfone groups is 1. The van der Waals surface area contributed by atoms with Crippen LogP contribution in [0.1, 0.15) is 17.7 Å². The van der Waals surface area contributed by atoms with E-state index in [9.17, 15) is 21.6 Å². The fraction of sp³-hybridized carbons (Fsp3) is 0.400. The molecule has 124 valence electrons. The molecule has 0 radical (unpaired) electrons. The lowest BCUT2D eigenvalue weighted by atomic mass is 10.1. The summed E-state index contributed by atoms with van der Waals surface area (Å²) in [4.78, 5) is 4.24. The van der Waals surface area contributed by atoms with Gasteiger partial charge in [-0.1, -0.05) is 0 Å². The maximum Gasteiger partial charge on any atom is 0.416 e. The number of fused-ring (bicyclic) bond motifs is 1. The molecule has 1 aromatic heterocycles. The van der Waals surface area contributed by atoms with Crippen LogP contribution in [-0.4, -0.2) is 30.9 Å². The summed E-state index contributed by atoms with van der Waals surface area (Å²) in [5, 5.41) is 3.41. The number of hydrogen-bond acceptors (Lipinski definition) is 4. The molecule has 1 unspecified atom stereocenters. The summed E-state index contributed by atoms with van der Waals surface area (Å²) < 4.78 is 61.8. The minimum Gasteiger partial charge on any atom is -0.381 e. The van der Waals surface area contributed by atoms with Gasteiger partial charge in [0.1, 0.15) is 0 Å². The summed E-state index contributed by atoms with van der Waals surface area (Å²) in [7, 11) is -3.07. The average Bonchev–Trinajstić information content (AvgIpc) is 2.76. The number of nitrogens with zero attached hydrogens (tertiary/aromatic N) is 1. The number of pyridine rings is 1. The van der Waals surface area contributed by atoms with E-state index in [1.165, 1.54) is 6.07 Å². The van der Waals surface area contributed by atoms with E-state index in [0.717, 1.165) is 12.1 Å². The molecule has 0 saturated carbocycles. The lowest BCUT2D eigenvalue weighted by Gasteiger charge is -2.16. The van der Waals surface area contributed by atoms with Crippen LogP contribution in [0.2, 0.25) is 0 Å². The van der Waals surface area contributed by atoms with Crippen molar-refractivity contribution < 1.29 is 21.6 Å². The van der Waals surface area contributed by atoms with Crippen molar-refractivity contribution >= 4 is 26.4 Å². The number of nitrogens with one attached hydrogen (secondary N) is 1. The van der Waals surface area contributed by atoms with Crippen LogP contribution in [0.25, 0.3) is 10.9 Å². The SMILES string of the molecule is Cc1cc(NC2CCS(=O)(=O)C2)c2cc(C(F)(F)F)ccc2n1. The van der Waals surface area contributed by atoms with Gasteiger partial charge in [0.15, 0.2) is 9.84 Å². The van der Waals surface area contributed by atoms with Crippen molar-refractivity contribution in [3.8, 4) is 0 Å². The third-order valence-corrected chi connectivity index (χ3v) is 5.62. The molecule has 1 atom stereocenters. The molecule has 1 N–H and O–H groups in total. The highest BCUT2D eigenvalue weighted by atomic mass is 32.2. The normalized spacial score (nSPS) is 20.8. The molecular weight excluding hydrogens is 329 g/mol. The Morgan fingerprint density at radius 3 is 2.61 bits per heavy atom. The van der Waals surface area contributed by atoms with E-state index in [4.69, 9.17) is 0 Å². The molecule has 2 heterocycles. The highest BCUT2D eigenvalue weighted by Gasteiger charge is 2.31. The highest BCUT2D eigenvalue weighted by Crippen LogP contribution is 2.34. The van der Waals surface area contributed by atoms with E-state index in [2.05, 4.69) is 10.3 Å². The van der Waals surface area contributed by atoms with E-state index >= 15 is 0 Å². The molecule has 23 heavy (non-hydrogen) atoms. The Morgan fingerprint density at radius 2 is 2.00 bits per heavy atom. The third kappa shape index (κ3) is 3.41. The second-order valence-corrected chi connectivity index (χ2v) is 8.01. The lowest BCUT2D eigenvalue weighted by molar-refractivity contribution is -0.137. The van der Waals surface area contributed by atoms with Crippen molar-refractivity contribution in [1.29, 1.82) is 0 Å². The first kappa shape index (κ1) is 16.0. The van der Waals surface area contributed by atoms with Crippen LogP contribution in [0, 0.1) is 6.92 Å². The summed E-state index contributed by atoms with van der Waals surface area (Å²) in [6, 6.07) is 4.74. The standard InChI is InChI=1S/C15H15F3N2O2S/c1-9-6-14(20-11-4-5-23(21,22)8-11)12-7-10(15(16,17)18)2-3-13(12)19-9/h2-3,6-7,11H,4-5,8H2,1H3,(H,19,20). The Morgan fingerprint density at radius 1 is 1.26 bits per heavy atom. The van der Waals surface area contributed by atoms with Crippen molar-refractivity contribution in [1.82, 2.24) is 4.98 Å². The van der Waals surface area contributed by atoms with E-state index < -0.39 is 21.6 Å². The van der Waals surface area contributed by atoms with Gasteiger partial charge >= 0.3 is 6.18 Å². The predicted octanol–water partition coefficient (Wildman–Crippen LogP) is 3.16. The first-order chi connectivity index (χ1) is 10.6. The third-order valence-electron chi connectivity index (χ3n) is 3.86. The number of alkyl halides is 3. The number of anilines is 1. The van der Waals surface area contributed by atoms with Crippen LogP contribution in [0.4, 0.5) is 18.9 Å². The number of aromatic nitrogens is 1. The average molecular weight is 344 g/mol. The minimum atomic E-state index is -4.44. The maximum absolute atomic E-state index is 12.9. The highest BCUT2D eigenvalue weighted by molar-refractivity contribution is 7.91. The van der Waals surface area contributed by atoms with Gasteiger partial charge in [0.05, 0.1) is 22.6 Å². The monoisotopic (exact) mass is 344 g/mol. The summed E-state index contributed by atoms with van der Waals surface area (Å²) in [6.45, 7) is 1.74. The van der Waals surface area contributed by atoms with Gasteiger partial charge in [-0.05, 0) is 37.6 Å². The molecule has 0 spiro atoms. The maximum atomic E-state index is 12.9. The van der Waals surface area contributed by atoms with Crippen molar-refractivity contribution in [3.63, 3.8) is 0 Å². The zero-order valence-corrected chi connectivity index (χ0v) is 13.1. The first-order valence-corrected chi connectivity index (χ1v) is 8.92.